The Morgan fingerprint density at radius 1 is 1.15 bits per heavy atom. The van der Waals surface area contributed by atoms with Crippen LogP contribution in [0.25, 0.3) is 0 Å². The summed E-state index contributed by atoms with van der Waals surface area (Å²) in [5, 5.41) is 0.575. The van der Waals surface area contributed by atoms with Gasteiger partial charge in [-0.1, -0.05) is 11.6 Å². The van der Waals surface area contributed by atoms with E-state index in [1.54, 1.807) is 24.3 Å². The van der Waals surface area contributed by atoms with Gasteiger partial charge in [-0.2, -0.15) is 0 Å². The standard InChI is InChI=1S/C14H11BrClF2NO/c15-10-5-6-11(17)13(14(10)18)12(19)7-20-9-3-1-8(16)2-4-9/h1-6,12H,7,19H2. The molecule has 2 rings (SSSR count). The summed E-state index contributed by atoms with van der Waals surface area (Å²) in [6, 6.07) is 8.16. The minimum absolute atomic E-state index is 0.0497. The molecule has 0 saturated heterocycles. The van der Waals surface area contributed by atoms with E-state index in [0.717, 1.165) is 6.07 Å². The maximum atomic E-state index is 13.9. The van der Waals surface area contributed by atoms with Crippen LogP contribution in [0.5, 0.6) is 5.75 Å². The lowest BCUT2D eigenvalue weighted by Crippen LogP contribution is -2.21. The van der Waals surface area contributed by atoms with Crippen LogP contribution in [0.3, 0.4) is 0 Å². The molecule has 0 fully saturated rings. The Hall–Kier alpha value is -1.17. The summed E-state index contributed by atoms with van der Waals surface area (Å²) in [6.07, 6.45) is 0. The highest BCUT2D eigenvalue weighted by atomic mass is 79.9. The summed E-state index contributed by atoms with van der Waals surface area (Å²) in [5.74, 6) is -0.879. The summed E-state index contributed by atoms with van der Waals surface area (Å²) >= 11 is 8.74. The van der Waals surface area contributed by atoms with Crippen molar-refractivity contribution in [1.29, 1.82) is 0 Å². The zero-order valence-electron chi connectivity index (χ0n) is 10.2. The minimum Gasteiger partial charge on any atom is -0.492 e. The van der Waals surface area contributed by atoms with Crippen LogP contribution in [0.4, 0.5) is 8.78 Å². The second kappa shape index (κ2) is 6.52. The van der Waals surface area contributed by atoms with Gasteiger partial charge < -0.3 is 10.5 Å². The first kappa shape index (κ1) is 15.2. The third kappa shape index (κ3) is 3.48. The fourth-order valence-corrected chi connectivity index (χ4v) is 2.15. The minimum atomic E-state index is -0.914. The second-order valence-electron chi connectivity index (χ2n) is 4.13. The van der Waals surface area contributed by atoms with Gasteiger partial charge in [-0.05, 0) is 52.3 Å². The zero-order chi connectivity index (χ0) is 14.7. The quantitative estimate of drug-likeness (QED) is 0.815. The number of hydrogen-bond donors (Lipinski definition) is 1. The molecule has 0 amide bonds. The molecule has 0 saturated carbocycles. The topological polar surface area (TPSA) is 35.2 Å². The van der Waals surface area contributed by atoms with Crippen molar-refractivity contribution in [2.24, 2.45) is 5.73 Å². The molecule has 1 atom stereocenters. The normalized spacial score (nSPS) is 12.2. The van der Waals surface area contributed by atoms with Crippen LogP contribution in [0.1, 0.15) is 11.6 Å². The molecule has 0 aliphatic rings. The lowest BCUT2D eigenvalue weighted by Gasteiger charge is -2.15. The first-order valence-corrected chi connectivity index (χ1v) is 6.93. The molecule has 0 aromatic heterocycles. The first-order chi connectivity index (χ1) is 9.49. The lowest BCUT2D eigenvalue weighted by molar-refractivity contribution is 0.284. The second-order valence-corrected chi connectivity index (χ2v) is 5.42. The Morgan fingerprint density at radius 2 is 1.80 bits per heavy atom. The van der Waals surface area contributed by atoms with Crippen molar-refractivity contribution in [3.63, 3.8) is 0 Å². The van der Waals surface area contributed by atoms with E-state index < -0.39 is 17.7 Å². The van der Waals surface area contributed by atoms with Crippen molar-refractivity contribution < 1.29 is 13.5 Å². The van der Waals surface area contributed by atoms with E-state index in [-0.39, 0.29) is 16.6 Å². The van der Waals surface area contributed by atoms with Gasteiger partial charge in [0.2, 0.25) is 0 Å². The molecule has 0 spiro atoms. The van der Waals surface area contributed by atoms with Gasteiger partial charge in [0.25, 0.3) is 0 Å². The number of benzene rings is 2. The molecule has 6 heteroatoms. The smallest absolute Gasteiger partial charge is 0.145 e. The van der Waals surface area contributed by atoms with Gasteiger partial charge in [0.1, 0.15) is 24.0 Å². The molecular formula is C14H11BrClF2NO. The summed E-state index contributed by atoms with van der Waals surface area (Å²) in [6.45, 7) is -0.0497. The third-order valence-corrected chi connectivity index (χ3v) is 3.56. The number of ether oxygens (including phenoxy) is 1. The molecule has 0 aliphatic heterocycles. The molecule has 2 aromatic carbocycles. The molecule has 0 aliphatic carbocycles. The van der Waals surface area contributed by atoms with Gasteiger partial charge in [-0.15, -0.1) is 0 Å². The van der Waals surface area contributed by atoms with E-state index in [9.17, 15) is 8.78 Å². The van der Waals surface area contributed by atoms with E-state index >= 15 is 0 Å². The lowest BCUT2D eigenvalue weighted by atomic mass is 10.1. The van der Waals surface area contributed by atoms with Gasteiger partial charge in [-0.3, -0.25) is 0 Å². The summed E-state index contributed by atoms with van der Waals surface area (Å²) in [4.78, 5) is 0. The van der Waals surface area contributed by atoms with Gasteiger partial charge in [0.15, 0.2) is 0 Å². The summed E-state index contributed by atoms with van der Waals surface area (Å²) < 4.78 is 33.1. The molecule has 2 N–H and O–H groups in total. The van der Waals surface area contributed by atoms with Crippen LogP contribution in [0.2, 0.25) is 5.02 Å². The molecule has 0 bridgehead atoms. The molecule has 0 heterocycles. The average molecular weight is 363 g/mol. The Balaban J connectivity index is 2.11. The van der Waals surface area contributed by atoms with Crippen LogP contribution in [-0.4, -0.2) is 6.61 Å². The summed E-state index contributed by atoms with van der Waals surface area (Å²) in [5.41, 5.74) is 5.59. The van der Waals surface area contributed by atoms with E-state index in [1.807, 2.05) is 0 Å². The van der Waals surface area contributed by atoms with Crippen molar-refractivity contribution >= 4 is 27.5 Å². The van der Waals surface area contributed by atoms with Gasteiger partial charge >= 0.3 is 0 Å². The van der Waals surface area contributed by atoms with Gasteiger partial charge in [0, 0.05) is 10.6 Å². The van der Waals surface area contributed by atoms with Crippen LogP contribution < -0.4 is 10.5 Å². The van der Waals surface area contributed by atoms with Crippen LogP contribution >= 0.6 is 27.5 Å². The average Bonchev–Trinajstić information content (AvgIpc) is 2.43. The van der Waals surface area contributed by atoms with E-state index in [4.69, 9.17) is 22.1 Å². The fourth-order valence-electron chi connectivity index (χ4n) is 1.68. The molecule has 20 heavy (non-hydrogen) atoms. The predicted molar refractivity (Wildman–Crippen MR) is 77.9 cm³/mol. The highest BCUT2D eigenvalue weighted by Gasteiger charge is 2.19. The van der Waals surface area contributed by atoms with Crippen molar-refractivity contribution in [2.75, 3.05) is 6.61 Å². The van der Waals surface area contributed by atoms with Crippen LogP contribution in [0.15, 0.2) is 40.9 Å². The maximum Gasteiger partial charge on any atom is 0.145 e. The number of hydrogen-bond acceptors (Lipinski definition) is 2. The molecule has 1 unspecified atom stereocenters. The predicted octanol–water partition coefficient (Wildman–Crippen LogP) is 4.46. The first-order valence-electron chi connectivity index (χ1n) is 5.76. The maximum absolute atomic E-state index is 13.9. The highest BCUT2D eigenvalue weighted by Crippen LogP contribution is 2.26. The largest absolute Gasteiger partial charge is 0.492 e. The zero-order valence-corrected chi connectivity index (χ0v) is 12.6. The Labute approximate surface area is 128 Å². The Kier molecular flexibility index (Phi) is 4.96. The number of rotatable bonds is 4. The van der Waals surface area contributed by atoms with Gasteiger partial charge in [0.05, 0.1) is 10.5 Å². The Bertz CT molecular complexity index is 607. The van der Waals surface area contributed by atoms with Crippen LogP contribution in [-0.2, 0) is 0 Å². The van der Waals surface area contributed by atoms with Crippen molar-refractivity contribution in [3.8, 4) is 5.75 Å². The van der Waals surface area contributed by atoms with E-state index in [1.165, 1.54) is 6.07 Å². The molecule has 2 aromatic rings. The Morgan fingerprint density at radius 3 is 2.45 bits per heavy atom. The fraction of sp³-hybridized carbons (Fsp3) is 0.143. The summed E-state index contributed by atoms with van der Waals surface area (Å²) in [7, 11) is 0. The highest BCUT2D eigenvalue weighted by molar-refractivity contribution is 9.10. The molecule has 106 valence electrons. The number of halogens is 4. The molecular weight excluding hydrogens is 352 g/mol. The molecule has 0 radical (unpaired) electrons. The van der Waals surface area contributed by atoms with Crippen molar-refractivity contribution in [2.45, 2.75) is 6.04 Å². The van der Waals surface area contributed by atoms with Crippen molar-refractivity contribution in [3.05, 3.63) is 63.1 Å². The van der Waals surface area contributed by atoms with Gasteiger partial charge in [-0.25, -0.2) is 8.78 Å². The number of nitrogens with two attached hydrogens (primary N) is 1. The third-order valence-electron chi connectivity index (χ3n) is 2.69. The monoisotopic (exact) mass is 361 g/mol. The van der Waals surface area contributed by atoms with E-state index in [2.05, 4.69) is 15.9 Å². The molecule has 2 nitrogen and oxygen atoms in total. The SMILES string of the molecule is NC(COc1ccc(Cl)cc1)c1c(F)ccc(Br)c1F. The van der Waals surface area contributed by atoms with Crippen molar-refractivity contribution in [1.82, 2.24) is 0 Å². The van der Waals surface area contributed by atoms with E-state index in [0.29, 0.717) is 10.8 Å². The van der Waals surface area contributed by atoms with Crippen LogP contribution in [0, 0.1) is 11.6 Å².